The van der Waals surface area contributed by atoms with Crippen LogP contribution >= 0.6 is 11.3 Å². The van der Waals surface area contributed by atoms with Gasteiger partial charge in [-0.25, -0.2) is 15.0 Å². The topological polar surface area (TPSA) is 72.2 Å². The summed E-state index contributed by atoms with van der Waals surface area (Å²) in [7, 11) is 0. The molecular formula is C18H17N5OS. The highest BCUT2D eigenvalue weighted by Crippen LogP contribution is 2.15. The van der Waals surface area contributed by atoms with E-state index in [9.17, 15) is 4.79 Å². The standard InChI is InChI=1S/C18H17N5OS/c1-11-12(2)21-16-9-13(3-4-15(16)20-11)17(24)19-6-5-14-10-23-7-8-25-18(23)22-14/h3-4,7-10H,5-6H2,1-2H3,(H,19,24). The molecule has 7 heteroatoms. The molecule has 25 heavy (non-hydrogen) atoms. The summed E-state index contributed by atoms with van der Waals surface area (Å²) >= 11 is 1.60. The average Bonchev–Trinajstić information content (AvgIpc) is 3.17. The summed E-state index contributed by atoms with van der Waals surface area (Å²) in [4.78, 5) is 26.9. The average molecular weight is 351 g/mol. The van der Waals surface area contributed by atoms with Crippen molar-refractivity contribution in [3.8, 4) is 0 Å². The molecule has 1 amide bonds. The van der Waals surface area contributed by atoms with Gasteiger partial charge in [-0.2, -0.15) is 0 Å². The van der Waals surface area contributed by atoms with E-state index in [0.717, 1.165) is 33.1 Å². The normalized spacial score (nSPS) is 11.3. The highest BCUT2D eigenvalue weighted by molar-refractivity contribution is 7.15. The molecule has 0 spiro atoms. The lowest BCUT2D eigenvalue weighted by molar-refractivity contribution is 0.0954. The molecule has 1 aromatic carbocycles. The van der Waals surface area contributed by atoms with Crippen LogP contribution in [0.4, 0.5) is 0 Å². The largest absolute Gasteiger partial charge is 0.352 e. The maximum Gasteiger partial charge on any atom is 0.251 e. The van der Waals surface area contributed by atoms with Crippen LogP contribution in [0.25, 0.3) is 16.0 Å². The van der Waals surface area contributed by atoms with Gasteiger partial charge in [-0.1, -0.05) is 0 Å². The second-order valence-corrected chi connectivity index (χ2v) is 6.80. The van der Waals surface area contributed by atoms with Gasteiger partial charge in [-0.15, -0.1) is 11.3 Å². The van der Waals surface area contributed by atoms with Crippen molar-refractivity contribution in [2.24, 2.45) is 0 Å². The summed E-state index contributed by atoms with van der Waals surface area (Å²) in [6.07, 6.45) is 4.68. The Morgan fingerprint density at radius 1 is 1.16 bits per heavy atom. The number of hydrogen-bond acceptors (Lipinski definition) is 5. The van der Waals surface area contributed by atoms with E-state index in [1.165, 1.54) is 0 Å². The number of hydrogen-bond donors (Lipinski definition) is 1. The van der Waals surface area contributed by atoms with E-state index in [-0.39, 0.29) is 5.91 Å². The predicted octanol–water partition coefficient (Wildman–Crippen LogP) is 2.93. The molecule has 0 aliphatic carbocycles. The van der Waals surface area contributed by atoms with Gasteiger partial charge < -0.3 is 5.32 Å². The van der Waals surface area contributed by atoms with Crippen LogP contribution in [0.3, 0.4) is 0 Å². The molecule has 1 N–H and O–H groups in total. The summed E-state index contributed by atoms with van der Waals surface area (Å²) < 4.78 is 1.99. The summed E-state index contributed by atoms with van der Waals surface area (Å²) in [6, 6.07) is 5.41. The van der Waals surface area contributed by atoms with Crippen molar-refractivity contribution in [3.05, 3.63) is 58.6 Å². The van der Waals surface area contributed by atoms with Crippen molar-refractivity contribution in [1.29, 1.82) is 0 Å². The minimum Gasteiger partial charge on any atom is -0.352 e. The third kappa shape index (κ3) is 3.10. The minimum absolute atomic E-state index is 0.108. The van der Waals surface area contributed by atoms with Crippen LogP contribution in [0, 0.1) is 13.8 Å². The Morgan fingerprint density at radius 3 is 2.76 bits per heavy atom. The fourth-order valence-corrected chi connectivity index (χ4v) is 3.39. The predicted molar refractivity (Wildman–Crippen MR) is 98.1 cm³/mol. The quantitative estimate of drug-likeness (QED) is 0.614. The monoisotopic (exact) mass is 351 g/mol. The number of amides is 1. The van der Waals surface area contributed by atoms with E-state index in [4.69, 9.17) is 0 Å². The molecule has 3 heterocycles. The van der Waals surface area contributed by atoms with Gasteiger partial charge in [-0.05, 0) is 32.0 Å². The smallest absolute Gasteiger partial charge is 0.251 e. The number of nitrogens with one attached hydrogen (secondary N) is 1. The molecule has 126 valence electrons. The van der Waals surface area contributed by atoms with Crippen LogP contribution in [0.15, 0.2) is 36.0 Å². The lowest BCUT2D eigenvalue weighted by Gasteiger charge is -2.06. The summed E-state index contributed by atoms with van der Waals surface area (Å²) in [5.74, 6) is -0.108. The van der Waals surface area contributed by atoms with Crippen LogP contribution in [-0.2, 0) is 6.42 Å². The molecule has 0 aliphatic heterocycles. The van der Waals surface area contributed by atoms with E-state index >= 15 is 0 Å². The Morgan fingerprint density at radius 2 is 1.96 bits per heavy atom. The number of fused-ring (bicyclic) bond motifs is 2. The molecule has 0 aliphatic rings. The van der Waals surface area contributed by atoms with Crippen molar-refractivity contribution in [3.63, 3.8) is 0 Å². The van der Waals surface area contributed by atoms with Crippen LogP contribution in [0.2, 0.25) is 0 Å². The van der Waals surface area contributed by atoms with Gasteiger partial charge in [0.2, 0.25) is 0 Å². The lowest BCUT2D eigenvalue weighted by Crippen LogP contribution is -2.25. The Kier molecular flexibility index (Phi) is 3.93. The van der Waals surface area contributed by atoms with Gasteiger partial charge in [0.05, 0.1) is 28.1 Å². The van der Waals surface area contributed by atoms with Crippen LogP contribution in [0.5, 0.6) is 0 Å². The molecule has 0 fully saturated rings. The Hall–Kier alpha value is -2.80. The number of carbonyl (C=O) groups is 1. The molecule has 0 atom stereocenters. The molecule has 0 unspecified atom stereocenters. The first kappa shape index (κ1) is 15.7. The van der Waals surface area contributed by atoms with Crippen LogP contribution in [0.1, 0.15) is 27.4 Å². The second-order valence-electron chi connectivity index (χ2n) is 5.93. The zero-order chi connectivity index (χ0) is 17.4. The number of aryl methyl sites for hydroxylation is 2. The molecule has 3 aromatic heterocycles. The number of carbonyl (C=O) groups excluding carboxylic acids is 1. The highest BCUT2D eigenvalue weighted by atomic mass is 32.1. The molecule has 0 bridgehead atoms. The van der Waals surface area contributed by atoms with Crippen molar-refractivity contribution in [1.82, 2.24) is 24.7 Å². The van der Waals surface area contributed by atoms with E-state index in [2.05, 4.69) is 20.3 Å². The van der Waals surface area contributed by atoms with Gasteiger partial charge in [0.25, 0.3) is 5.91 Å². The summed E-state index contributed by atoms with van der Waals surface area (Å²) in [5, 5.41) is 4.94. The maximum absolute atomic E-state index is 12.4. The molecule has 0 saturated carbocycles. The highest BCUT2D eigenvalue weighted by Gasteiger charge is 2.09. The summed E-state index contributed by atoms with van der Waals surface area (Å²) in [5.41, 5.74) is 4.90. The fourth-order valence-electron chi connectivity index (χ4n) is 2.67. The van der Waals surface area contributed by atoms with E-state index in [1.807, 2.05) is 42.1 Å². The van der Waals surface area contributed by atoms with Crippen molar-refractivity contribution >= 4 is 33.2 Å². The zero-order valence-electron chi connectivity index (χ0n) is 14.0. The molecule has 0 saturated heterocycles. The molecular weight excluding hydrogens is 334 g/mol. The SMILES string of the molecule is Cc1nc2ccc(C(=O)NCCc3cn4ccsc4n3)cc2nc1C. The Balaban J connectivity index is 1.44. The number of thiazole rings is 1. The molecule has 4 rings (SSSR count). The van der Waals surface area contributed by atoms with Gasteiger partial charge in [0, 0.05) is 36.3 Å². The van der Waals surface area contributed by atoms with Crippen LogP contribution < -0.4 is 5.32 Å². The van der Waals surface area contributed by atoms with E-state index < -0.39 is 0 Å². The van der Waals surface area contributed by atoms with Gasteiger partial charge in [0.1, 0.15) is 0 Å². The van der Waals surface area contributed by atoms with Crippen LogP contribution in [-0.4, -0.2) is 31.8 Å². The number of aromatic nitrogens is 4. The van der Waals surface area contributed by atoms with Gasteiger partial charge in [0.15, 0.2) is 4.96 Å². The maximum atomic E-state index is 12.4. The molecule has 0 radical (unpaired) electrons. The molecule has 6 nitrogen and oxygen atoms in total. The van der Waals surface area contributed by atoms with Crippen molar-refractivity contribution < 1.29 is 4.79 Å². The Labute approximate surface area is 148 Å². The number of imidazole rings is 1. The first-order valence-electron chi connectivity index (χ1n) is 8.04. The van der Waals surface area contributed by atoms with Crippen molar-refractivity contribution in [2.45, 2.75) is 20.3 Å². The Bertz CT molecular complexity index is 1050. The number of nitrogens with zero attached hydrogens (tertiary/aromatic N) is 4. The third-order valence-corrected chi connectivity index (χ3v) is 4.92. The third-order valence-electron chi connectivity index (χ3n) is 4.15. The number of rotatable bonds is 4. The van der Waals surface area contributed by atoms with E-state index in [0.29, 0.717) is 18.5 Å². The minimum atomic E-state index is -0.108. The number of benzene rings is 1. The zero-order valence-corrected chi connectivity index (χ0v) is 14.8. The summed E-state index contributed by atoms with van der Waals surface area (Å²) in [6.45, 7) is 4.40. The molecule has 4 aromatic rings. The van der Waals surface area contributed by atoms with Gasteiger partial charge in [-0.3, -0.25) is 9.20 Å². The first-order chi connectivity index (χ1) is 12.1. The second kappa shape index (κ2) is 6.25. The van der Waals surface area contributed by atoms with Crippen molar-refractivity contribution in [2.75, 3.05) is 6.54 Å². The lowest BCUT2D eigenvalue weighted by atomic mass is 10.1. The first-order valence-corrected chi connectivity index (χ1v) is 8.92. The fraction of sp³-hybridized carbons (Fsp3) is 0.222. The van der Waals surface area contributed by atoms with E-state index in [1.54, 1.807) is 23.5 Å². The van der Waals surface area contributed by atoms with Gasteiger partial charge >= 0.3 is 0 Å².